The van der Waals surface area contributed by atoms with Gasteiger partial charge in [0.25, 0.3) is 17.7 Å². The van der Waals surface area contributed by atoms with Crippen LogP contribution in [0.5, 0.6) is 5.75 Å². The number of hydrogen-bond donors (Lipinski definition) is 1. The first-order valence-electron chi connectivity index (χ1n) is 7.61. The fraction of sp³-hybridized carbons (Fsp3) is 0.105. The molecule has 0 aliphatic carbocycles. The minimum atomic E-state index is -0.418. The molecule has 0 radical (unpaired) electrons. The van der Waals surface area contributed by atoms with Gasteiger partial charge in [-0.3, -0.25) is 19.3 Å². The summed E-state index contributed by atoms with van der Waals surface area (Å²) in [6.07, 6.45) is 1.49. The van der Waals surface area contributed by atoms with Crippen LogP contribution in [-0.2, 0) is 0 Å². The van der Waals surface area contributed by atoms with Crippen LogP contribution in [0.3, 0.4) is 0 Å². The Labute approximate surface area is 144 Å². The van der Waals surface area contributed by atoms with E-state index in [2.05, 4.69) is 11.9 Å². The maximum Gasteiger partial charge on any atom is 0.261 e. The van der Waals surface area contributed by atoms with Gasteiger partial charge in [-0.1, -0.05) is 6.08 Å². The van der Waals surface area contributed by atoms with Crippen molar-refractivity contribution in [3.05, 3.63) is 71.8 Å². The number of carbonyl (C=O) groups is 3. The van der Waals surface area contributed by atoms with Crippen molar-refractivity contribution < 1.29 is 19.1 Å². The lowest BCUT2D eigenvalue weighted by atomic mass is 10.1. The van der Waals surface area contributed by atoms with Gasteiger partial charge in [-0.25, -0.2) is 0 Å². The molecule has 0 atom stereocenters. The first-order valence-corrected chi connectivity index (χ1v) is 7.61. The molecule has 2 aromatic rings. The predicted octanol–water partition coefficient (Wildman–Crippen LogP) is 2.73. The molecule has 25 heavy (non-hydrogen) atoms. The topological polar surface area (TPSA) is 75.7 Å². The zero-order valence-electron chi connectivity index (χ0n) is 13.6. The summed E-state index contributed by atoms with van der Waals surface area (Å²) in [5, 5.41) is 2.74. The number of benzene rings is 2. The number of fused-ring (bicyclic) bond motifs is 1. The van der Waals surface area contributed by atoms with E-state index in [-0.39, 0.29) is 23.9 Å². The van der Waals surface area contributed by atoms with Gasteiger partial charge in [-0.2, -0.15) is 0 Å². The summed E-state index contributed by atoms with van der Waals surface area (Å²) in [5.74, 6) is -0.474. The van der Waals surface area contributed by atoms with E-state index < -0.39 is 5.91 Å². The summed E-state index contributed by atoms with van der Waals surface area (Å²) < 4.78 is 5.07. The highest BCUT2D eigenvalue weighted by Crippen LogP contribution is 2.24. The van der Waals surface area contributed by atoms with E-state index >= 15 is 0 Å². The standard InChI is InChI=1S/C19H16N2O4/c1-3-10-21-18(23)15-9-4-12(11-16(15)19(21)24)17(22)20-13-5-7-14(25-2)8-6-13/h3-9,11H,1,10H2,2H3,(H,20,22). The van der Waals surface area contributed by atoms with Crippen molar-refractivity contribution in [3.63, 3.8) is 0 Å². The molecular formula is C19H16N2O4. The van der Waals surface area contributed by atoms with Gasteiger partial charge in [-0.05, 0) is 42.5 Å². The summed E-state index contributed by atoms with van der Waals surface area (Å²) in [5.41, 5.74) is 1.43. The normalized spacial score (nSPS) is 12.8. The van der Waals surface area contributed by atoms with Crippen LogP contribution in [0.4, 0.5) is 5.69 Å². The molecule has 1 heterocycles. The van der Waals surface area contributed by atoms with Crippen molar-refractivity contribution in [1.29, 1.82) is 0 Å². The zero-order chi connectivity index (χ0) is 18.0. The van der Waals surface area contributed by atoms with Gasteiger partial charge in [0.2, 0.25) is 0 Å². The second-order valence-electron chi connectivity index (χ2n) is 5.45. The van der Waals surface area contributed by atoms with E-state index in [4.69, 9.17) is 4.74 Å². The van der Waals surface area contributed by atoms with E-state index in [1.54, 1.807) is 31.4 Å². The fourth-order valence-corrected chi connectivity index (χ4v) is 2.60. The minimum Gasteiger partial charge on any atom is -0.497 e. The van der Waals surface area contributed by atoms with Crippen molar-refractivity contribution in [2.45, 2.75) is 0 Å². The zero-order valence-corrected chi connectivity index (χ0v) is 13.6. The highest BCUT2D eigenvalue weighted by atomic mass is 16.5. The second kappa shape index (κ2) is 6.60. The molecule has 0 aromatic heterocycles. The monoisotopic (exact) mass is 336 g/mol. The molecule has 3 rings (SSSR count). The first-order chi connectivity index (χ1) is 12.0. The van der Waals surface area contributed by atoms with Crippen LogP contribution in [0.15, 0.2) is 55.1 Å². The van der Waals surface area contributed by atoms with E-state index in [0.717, 1.165) is 4.90 Å². The number of rotatable bonds is 5. The molecule has 126 valence electrons. The number of anilines is 1. The third-order valence-corrected chi connectivity index (χ3v) is 3.89. The van der Waals surface area contributed by atoms with Gasteiger partial charge >= 0.3 is 0 Å². The van der Waals surface area contributed by atoms with Crippen molar-refractivity contribution in [3.8, 4) is 5.75 Å². The van der Waals surface area contributed by atoms with Gasteiger partial charge in [0.15, 0.2) is 0 Å². The SMILES string of the molecule is C=CCN1C(=O)c2ccc(C(=O)Nc3ccc(OC)cc3)cc2C1=O. The molecule has 1 N–H and O–H groups in total. The molecule has 0 bridgehead atoms. The molecule has 0 saturated carbocycles. The number of nitrogens with zero attached hydrogens (tertiary/aromatic N) is 1. The molecule has 1 aliphatic rings. The van der Waals surface area contributed by atoms with E-state index in [0.29, 0.717) is 22.6 Å². The molecule has 6 heteroatoms. The number of methoxy groups -OCH3 is 1. The largest absolute Gasteiger partial charge is 0.497 e. The maximum atomic E-state index is 12.4. The van der Waals surface area contributed by atoms with Crippen LogP contribution in [0, 0.1) is 0 Å². The Kier molecular flexibility index (Phi) is 4.35. The van der Waals surface area contributed by atoms with Crippen molar-refractivity contribution >= 4 is 23.4 Å². The Hall–Kier alpha value is -3.41. The highest BCUT2D eigenvalue weighted by molar-refractivity contribution is 6.22. The molecular weight excluding hydrogens is 320 g/mol. The lowest BCUT2D eigenvalue weighted by Crippen LogP contribution is -2.29. The van der Waals surface area contributed by atoms with Crippen LogP contribution in [0.1, 0.15) is 31.1 Å². The van der Waals surface area contributed by atoms with Crippen molar-refractivity contribution in [2.75, 3.05) is 19.0 Å². The quantitative estimate of drug-likeness (QED) is 0.673. The second-order valence-corrected chi connectivity index (χ2v) is 5.45. The third kappa shape index (κ3) is 3.01. The Morgan fingerprint density at radius 1 is 1.12 bits per heavy atom. The minimum absolute atomic E-state index is 0.139. The maximum absolute atomic E-state index is 12.4. The van der Waals surface area contributed by atoms with Crippen molar-refractivity contribution in [1.82, 2.24) is 4.90 Å². The molecule has 0 fully saturated rings. The van der Waals surface area contributed by atoms with Crippen LogP contribution in [0.25, 0.3) is 0 Å². The van der Waals surface area contributed by atoms with E-state index in [1.165, 1.54) is 24.3 Å². The lowest BCUT2D eigenvalue weighted by Gasteiger charge is -2.09. The Bertz CT molecular complexity index is 871. The third-order valence-electron chi connectivity index (χ3n) is 3.89. The molecule has 0 spiro atoms. The van der Waals surface area contributed by atoms with Gasteiger partial charge in [0.1, 0.15) is 5.75 Å². The van der Waals surface area contributed by atoms with Crippen LogP contribution >= 0.6 is 0 Å². The average Bonchev–Trinajstić information content (AvgIpc) is 2.87. The molecule has 0 saturated heterocycles. The molecule has 1 aliphatic heterocycles. The number of carbonyl (C=O) groups excluding carboxylic acids is 3. The highest BCUT2D eigenvalue weighted by Gasteiger charge is 2.35. The summed E-state index contributed by atoms with van der Waals surface area (Å²) >= 11 is 0. The van der Waals surface area contributed by atoms with Gasteiger partial charge in [-0.15, -0.1) is 6.58 Å². The fourth-order valence-electron chi connectivity index (χ4n) is 2.60. The van der Waals surface area contributed by atoms with Crippen LogP contribution in [0.2, 0.25) is 0 Å². The summed E-state index contributed by atoms with van der Waals surface area (Å²) in [6.45, 7) is 3.68. The Balaban J connectivity index is 1.82. The smallest absolute Gasteiger partial charge is 0.261 e. The predicted molar refractivity (Wildman–Crippen MR) is 93.0 cm³/mol. The molecule has 2 aromatic carbocycles. The van der Waals surface area contributed by atoms with E-state index in [1.807, 2.05) is 0 Å². The summed E-state index contributed by atoms with van der Waals surface area (Å²) in [6, 6.07) is 11.4. The number of hydrogen-bond acceptors (Lipinski definition) is 4. The summed E-state index contributed by atoms with van der Waals surface area (Å²) in [7, 11) is 1.56. The number of amides is 3. The molecule has 6 nitrogen and oxygen atoms in total. The number of imide groups is 1. The Morgan fingerprint density at radius 2 is 1.80 bits per heavy atom. The Morgan fingerprint density at radius 3 is 2.44 bits per heavy atom. The van der Waals surface area contributed by atoms with Gasteiger partial charge < -0.3 is 10.1 Å². The molecule has 0 unspecified atom stereocenters. The average molecular weight is 336 g/mol. The molecule has 3 amide bonds. The summed E-state index contributed by atoms with van der Waals surface area (Å²) in [4.78, 5) is 38.0. The van der Waals surface area contributed by atoms with Gasteiger partial charge in [0, 0.05) is 17.8 Å². The van der Waals surface area contributed by atoms with Crippen LogP contribution < -0.4 is 10.1 Å². The van der Waals surface area contributed by atoms with Crippen molar-refractivity contribution in [2.24, 2.45) is 0 Å². The van der Waals surface area contributed by atoms with Crippen LogP contribution in [-0.4, -0.2) is 36.3 Å². The van der Waals surface area contributed by atoms with Gasteiger partial charge in [0.05, 0.1) is 18.2 Å². The first kappa shape index (κ1) is 16.4. The van der Waals surface area contributed by atoms with E-state index in [9.17, 15) is 14.4 Å². The lowest BCUT2D eigenvalue weighted by molar-refractivity contribution is 0.0672. The number of ether oxygens (including phenoxy) is 1. The number of nitrogens with one attached hydrogen (secondary N) is 1.